The molecule has 0 amide bonds. The highest BCUT2D eigenvalue weighted by atomic mass is 35.5. The van der Waals surface area contributed by atoms with Gasteiger partial charge in [0.15, 0.2) is 0 Å². The summed E-state index contributed by atoms with van der Waals surface area (Å²) in [5, 5.41) is 20.4. The lowest BCUT2D eigenvalue weighted by atomic mass is 10.3. The summed E-state index contributed by atoms with van der Waals surface area (Å²) < 4.78 is 22.0. The minimum Gasteiger partial charge on any atom is -1.00 e. The molecular formula is C20H32ClN2O6-. The molecule has 2 saturated heterocycles. The number of halogens is 1. The van der Waals surface area contributed by atoms with Crippen LogP contribution >= 0.6 is 0 Å². The van der Waals surface area contributed by atoms with Crippen LogP contribution in [0.3, 0.4) is 0 Å². The number of β-amino-alcohol motifs (C(OH)–C–C–N with tert-alkyl or cyclic N) is 2. The molecule has 2 N–H and O–H groups in total. The van der Waals surface area contributed by atoms with E-state index < -0.39 is 12.2 Å². The zero-order valence-electron chi connectivity index (χ0n) is 16.7. The average molecular weight is 432 g/mol. The predicted octanol–water partition coefficient (Wildman–Crippen LogP) is -3.17. The number of hydrogen-bond donors (Lipinski definition) is 2. The van der Waals surface area contributed by atoms with Crippen LogP contribution in [0.2, 0.25) is 0 Å². The first-order valence-electron chi connectivity index (χ1n) is 10.0. The van der Waals surface area contributed by atoms with Gasteiger partial charge in [-0.3, -0.25) is 9.80 Å². The van der Waals surface area contributed by atoms with Crippen LogP contribution < -0.4 is 21.9 Å². The van der Waals surface area contributed by atoms with Gasteiger partial charge in [-0.15, -0.1) is 0 Å². The van der Waals surface area contributed by atoms with E-state index in [1.807, 2.05) is 18.2 Å². The highest BCUT2D eigenvalue weighted by molar-refractivity contribution is 5.33. The number of nitrogens with zero attached hydrogens (tertiary/aromatic N) is 2. The van der Waals surface area contributed by atoms with Crippen LogP contribution in [0.5, 0.6) is 11.5 Å². The van der Waals surface area contributed by atoms with Gasteiger partial charge < -0.3 is 41.6 Å². The predicted molar refractivity (Wildman–Crippen MR) is 104 cm³/mol. The van der Waals surface area contributed by atoms with Gasteiger partial charge in [0.2, 0.25) is 0 Å². The van der Waals surface area contributed by atoms with Crippen molar-refractivity contribution in [3.05, 3.63) is 24.3 Å². The zero-order chi connectivity index (χ0) is 19.6. The lowest BCUT2D eigenvalue weighted by molar-refractivity contribution is -0.0000700. The van der Waals surface area contributed by atoms with Crippen LogP contribution in [0.4, 0.5) is 0 Å². The number of hydrogen-bond acceptors (Lipinski definition) is 8. The van der Waals surface area contributed by atoms with Crippen LogP contribution in [0, 0.1) is 0 Å². The number of rotatable bonds is 10. The van der Waals surface area contributed by atoms with E-state index in [1.165, 1.54) is 0 Å². The van der Waals surface area contributed by atoms with Crippen molar-refractivity contribution in [2.45, 2.75) is 12.2 Å². The molecule has 0 aromatic heterocycles. The number of ether oxygens (including phenoxy) is 4. The normalized spacial score (nSPS) is 20.5. The molecule has 0 bridgehead atoms. The zero-order valence-corrected chi connectivity index (χ0v) is 17.5. The Kier molecular flexibility index (Phi) is 11.0. The van der Waals surface area contributed by atoms with E-state index in [9.17, 15) is 10.2 Å². The van der Waals surface area contributed by atoms with Gasteiger partial charge in [-0.05, 0) is 12.1 Å². The molecule has 0 spiro atoms. The van der Waals surface area contributed by atoms with E-state index in [1.54, 1.807) is 6.07 Å². The van der Waals surface area contributed by atoms with Crippen LogP contribution in [0.1, 0.15) is 0 Å². The third kappa shape index (κ3) is 9.04. The van der Waals surface area contributed by atoms with Gasteiger partial charge in [0.1, 0.15) is 36.9 Å². The average Bonchev–Trinajstić information content (AvgIpc) is 2.73. The Balaban J connectivity index is 0.00000300. The van der Waals surface area contributed by atoms with Gasteiger partial charge in [-0.25, -0.2) is 0 Å². The Morgan fingerprint density at radius 3 is 1.62 bits per heavy atom. The summed E-state index contributed by atoms with van der Waals surface area (Å²) in [7, 11) is 0. The number of benzene rings is 1. The number of morpholine rings is 2. The molecule has 8 nitrogen and oxygen atoms in total. The van der Waals surface area contributed by atoms with E-state index in [0.717, 1.165) is 26.2 Å². The van der Waals surface area contributed by atoms with E-state index in [-0.39, 0.29) is 25.6 Å². The summed E-state index contributed by atoms with van der Waals surface area (Å²) in [4.78, 5) is 4.35. The van der Waals surface area contributed by atoms with Crippen LogP contribution in [0.25, 0.3) is 0 Å². The molecular weight excluding hydrogens is 400 g/mol. The third-order valence-electron chi connectivity index (χ3n) is 4.84. The minimum absolute atomic E-state index is 0. The Morgan fingerprint density at radius 1 is 0.793 bits per heavy atom. The van der Waals surface area contributed by atoms with Crippen molar-refractivity contribution in [1.82, 2.24) is 9.80 Å². The molecule has 1 aromatic rings. The summed E-state index contributed by atoms with van der Waals surface area (Å²) >= 11 is 0. The summed E-state index contributed by atoms with van der Waals surface area (Å²) in [6.07, 6.45) is -1.11. The van der Waals surface area contributed by atoms with Crippen LogP contribution in [-0.2, 0) is 9.47 Å². The molecule has 29 heavy (non-hydrogen) atoms. The fraction of sp³-hybridized carbons (Fsp3) is 0.700. The number of aliphatic hydroxyl groups is 2. The van der Waals surface area contributed by atoms with Gasteiger partial charge in [0.25, 0.3) is 0 Å². The van der Waals surface area contributed by atoms with Crippen LogP contribution in [-0.4, -0.2) is 111 Å². The lowest BCUT2D eigenvalue weighted by Gasteiger charge is -2.28. The van der Waals surface area contributed by atoms with Gasteiger partial charge in [0, 0.05) is 45.3 Å². The quantitative estimate of drug-likeness (QED) is 0.401. The fourth-order valence-corrected chi connectivity index (χ4v) is 3.31. The Bertz CT molecular complexity index is 524. The maximum Gasteiger partial charge on any atom is 0.123 e. The molecule has 2 fully saturated rings. The fourth-order valence-electron chi connectivity index (χ4n) is 3.31. The topological polar surface area (TPSA) is 83.9 Å². The highest BCUT2D eigenvalue weighted by Crippen LogP contribution is 2.20. The largest absolute Gasteiger partial charge is 1.00 e. The van der Waals surface area contributed by atoms with Crippen LogP contribution in [0.15, 0.2) is 24.3 Å². The Labute approximate surface area is 178 Å². The van der Waals surface area contributed by atoms with Crippen molar-refractivity contribution in [2.75, 3.05) is 78.9 Å². The smallest absolute Gasteiger partial charge is 0.123 e. The summed E-state index contributed by atoms with van der Waals surface area (Å²) in [5.74, 6) is 1.28. The second-order valence-electron chi connectivity index (χ2n) is 7.23. The molecule has 2 aliphatic rings. The highest BCUT2D eigenvalue weighted by Gasteiger charge is 2.16. The van der Waals surface area contributed by atoms with Crippen molar-refractivity contribution in [3.63, 3.8) is 0 Å². The summed E-state index contributed by atoms with van der Waals surface area (Å²) in [5.41, 5.74) is 0. The van der Waals surface area contributed by atoms with Gasteiger partial charge in [-0.1, -0.05) is 6.07 Å². The lowest BCUT2D eigenvalue weighted by Crippen LogP contribution is -3.00. The van der Waals surface area contributed by atoms with Crippen molar-refractivity contribution in [2.24, 2.45) is 0 Å². The maximum absolute atomic E-state index is 10.2. The van der Waals surface area contributed by atoms with Crippen molar-refractivity contribution >= 4 is 0 Å². The molecule has 0 radical (unpaired) electrons. The Morgan fingerprint density at radius 2 is 1.21 bits per heavy atom. The summed E-state index contributed by atoms with van der Waals surface area (Å²) in [6, 6.07) is 7.28. The van der Waals surface area contributed by atoms with Crippen molar-refractivity contribution < 1.29 is 41.6 Å². The minimum atomic E-state index is -0.557. The van der Waals surface area contributed by atoms with Gasteiger partial charge in [-0.2, -0.15) is 0 Å². The third-order valence-corrected chi connectivity index (χ3v) is 4.84. The van der Waals surface area contributed by atoms with Gasteiger partial charge in [0.05, 0.1) is 26.4 Å². The number of aliphatic hydroxyl groups excluding tert-OH is 2. The SMILES string of the molecule is OC(COc1cccc(OCC(O)CN2CCOCC2)c1)CN1CCOCC1.[Cl-]. The molecule has 1 aromatic carbocycles. The Hall–Kier alpha value is -1.13. The van der Waals surface area contributed by atoms with E-state index in [0.29, 0.717) is 51.0 Å². The molecule has 2 atom stereocenters. The van der Waals surface area contributed by atoms with Crippen molar-refractivity contribution in [1.29, 1.82) is 0 Å². The van der Waals surface area contributed by atoms with E-state index in [2.05, 4.69) is 9.80 Å². The molecule has 9 heteroatoms. The molecule has 2 unspecified atom stereocenters. The molecule has 2 heterocycles. The monoisotopic (exact) mass is 431 g/mol. The molecule has 166 valence electrons. The first-order chi connectivity index (χ1) is 13.7. The van der Waals surface area contributed by atoms with E-state index in [4.69, 9.17) is 18.9 Å². The van der Waals surface area contributed by atoms with Gasteiger partial charge >= 0.3 is 0 Å². The molecule has 2 aliphatic heterocycles. The first-order valence-corrected chi connectivity index (χ1v) is 10.0. The maximum atomic E-state index is 10.2. The second kappa shape index (κ2) is 13.2. The van der Waals surface area contributed by atoms with E-state index >= 15 is 0 Å². The first kappa shape index (κ1) is 24.1. The summed E-state index contributed by atoms with van der Waals surface area (Å²) in [6.45, 7) is 7.81. The molecule has 3 rings (SSSR count). The second-order valence-corrected chi connectivity index (χ2v) is 7.23. The standard InChI is InChI=1S/C20H32N2O6.ClH/c23-17(13-21-4-8-25-9-5-21)15-27-19-2-1-3-20(12-19)28-16-18(24)14-22-6-10-26-11-7-22;/h1-3,12,17-18,23-24H,4-11,13-16H2;1H/p-1. The molecule has 0 saturated carbocycles. The van der Waals surface area contributed by atoms with Crippen molar-refractivity contribution in [3.8, 4) is 11.5 Å². The molecule has 0 aliphatic carbocycles.